The summed E-state index contributed by atoms with van der Waals surface area (Å²) in [7, 11) is -4.18. The van der Waals surface area contributed by atoms with Crippen LogP contribution in [-0.2, 0) is 19.6 Å². The largest absolute Gasteiger partial charge is 0.492 e. The molecule has 1 fully saturated rings. The van der Waals surface area contributed by atoms with Crippen molar-refractivity contribution in [2.24, 2.45) is 5.92 Å². The van der Waals surface area contributed by atoms with Gasteiger partial charge in [0.1, 0.15) is 21.8 Å². The van der Waals surface area contributed by atoms with Crippen LogP contribution in [0, 0.1) is 5.92 Å². The molecule has 0 spiro atoms. The third-order valence-electron chi connectivity index (χ3n) is 4.97. The SMILES string of the molecule is CC(C)CCCCCOc1ccccc1S(=O)(=O)NC(=O)C1(NC(=O)OC(C)(C)C)CC1. The van der Waals surface area contributed by atoms with Crippen LogP contribution in [0.25, 0.3) is 0 Å². The number of hydrogen-bond acceptors (Lipinski definition) is 6. The van der Waals surface area contributed by atoms with Gasteiger partial charge in [-0.25, -0.2) is 17.9 Å². The molecule has 0 aliphatic heterocycles. The lowest BCUT2D eigenvalue weighted by molar-refractivity contribution is -0.122. The third-order valence-corrected chi connectivity index (χ3v) is 6.34. The molecule has 1 saturated carbocycles. The number of sulfonamides is 1. The predicted molar refractivity (Wildman–Crippen MR) is 122 cm³/mol. The van der Waals surface area contributed by atoms with Crippen molar-refractivity contribution in [2.75, 3.05) is 6.61 Å². The molecule has 0 atom stereocenters. The molecule has 0 heterocycles. The second-order valence-electron chi connectivity index (χ2n) is 9.68. The van der Waals surface area contributed by atoms with Crippen LogP contribution in [0.4, 0.5) is 4.79 Å². The molecular weight excluding hydrogens is 432 g/mol. The van der Waals surface area contributed by atoms with Crippen molar-refractivity contribution in [3.8, 4) is 5.75 Å². The number of ether oxygens (including phenoxy) is 2. The molecule has 8 nitrogen and oxygen atoms in total. The maximum Gasteiger partial charge on any atom is 0.408 e. The standard InChI is InChI=1S/C23H36N2O6S/c1-17(2)11-7-6-10-16-30-18-12-8-9-13-19(18)32(28,29)25-20(26)23(14-15-23)24-21(27)31-22(3,4)5/h8-9,12-13,17H,6-7,10-11,14-16H2,1-5H3,(H,24,27)(H,25,26). The lowest BCUT2D eigenvalue weighted by Crippen LogP contribution is -2.51. The van der Waals surface area contributed by atoms with E-state index in [1.165, 1.54) is 6.07 Å². The van der Waals surface area contributed by atoms with Crippen LogP contribution in [0.15, 0.2) is 29.2 Å². The van der Waals surface area contributed by atoms with Crippen molar-refractivity contribution in [2.45, 2.75) is 89.2 Å². The number of alkyl carbamates (subject to hydrolysis) is 1. The predicted octanol–water partition coefficient (Wildman–Crippen LogP) is 4.14. The highest BCUT2D eigenvalue weighted by molar-refractivity contribution is 7.90. The summed E-state index contributed by atoms with van der Waals surface area (Å²) in [6.07, 6.45) is 3.98. The van der Waals surface area contributed by atoms with E-state index in [9.17, 15) is 18.0 Å². The molecule has 1 aromatic rings. The molecule has 1 aromatic carbocycles. The normalized spacial score (nSPS) is 15.2. The van der Waals surface area contributed by atoms with Crippen LogP contribution >= 0.6 is 0 Å². The van der Waals surface area contributed by atoms with E-state index in [1.54, 1.807) is 39.0 Å². The summed E-state index contributed by atoms with van der Waals surface area (Å²) in [6.45, 7) is 9.87. The fourth-order valence-corrected chi connectivity index (χ4v) is 4.31. The molecule has 0 bridgehead atoms. The molecule has 2 amide bonds. The summed E-state index contributed by atoms with van der Waals surface area (Å²) in [4.78, 5) is 24.7. The minimum Gasteiger partial charge on any atom is -0.492 e. The van der Waals surface area contributed by atoms with Gasteiger partial charge < -0.3 is 14.8 Å². The Morgan fingerprint density at radius 3 is 2.34 bits per heavy atom. The van der Waals surface area contributed by atoms with E-state index in [-0.39, 0.29) is 10.6 Å². The quantitative estimate of drug-likeness (QED) is 0.472. The lowest BCUT2D eigenvalue weighted by Gasteiger charge is -2.23. The number of para-hydroxylation sites is 1. The Bertz CT molecular complexity index is 901. The number of rotatable bonds is 11. The molecule has 2 rings (SSSR count). The highest BCUT2D eigenvalue weighted by atomic mass is 32.2. The van der Waals surface area contributed by atoms with Gasteiger partial charge in [0.15, 0.2) is 0 Å². The fourth-order valence-electron chi connectivity index (χ4n) is 3.11. The topological polar surface area (TPSA) is 111 Å². The molecule has 0 unspecified atom stereocenters. The number of amides is 2. The average Bonchev–Trinajstić information content (AvgIpc) is 3.43. The first-order chi connectivity index (χ1) is 14.8. The van der Waals surface area contributed by atoms with Gasteiger partial charge in [0.05, 0.1) is 6.61 Å². The Labute approximate surface area is 191 Å². The number of nitrogens with one attached hydrogen (secondary N) is 2. The summed E-state index contributed by atoms with van der Waals surface area (Å²) in [5.74, 6) is 0.0680. The van der Waals surface area contributed by atoms with Crippen LogP contribution < -0.4 is 14.8 Å². The van der Waals surface area contributed by atoms with E-state index in [0.717, 1.165) is 25.7 Å². The first kappa shape index (κ1) is 26.0. The zero-order valence-electron chi connectivity index (χ0n) is 19.7. The van der Waals surface area contributed by atoms with Gasteiger partial charge in [-0.05, 0) is 58.1 Å². The maximum absolute atomic E-state index is 12.9. The van der Waals surface area contributed by atoms with Gasteiger partial charge in [0, 0.05) is 0 Å². The average molecular weight is 469 g/mol. The molecule has 32 heavy (non-hydrogen) atoms. The summed E-state index contributed by atoms with van der Waals surface area (Å²) >= 11 is 0. The van der Waals surface area contributed by atoms with Gasteiger partial charge in [0.2, 0.25) is 0 Å². The van der Waals surface area contributed by atoms with Crippen molar-refractivity contribution >= 4 is 22.0 Å². The van der Waals surface area contributed by atoms with Crippen molar-refractivity contribution in [1.29, 1.82) is 0 Å². The van der Waals surface area contributed by atoms with E-state index in [1.807, 2.05) is 0 Å². The summed E-state index contributed by atoms with van der Waals surface area (Å²) < 4.78 is 38.8. The van der Waals surface area contributed by atoms with Crippen LogP contribution in [0.2, 0.25) is 0 Å². The number of carbonyl (C=O) groups is 2. The molecule has 9 heteroatoms. The first-order valence-electron chi connectivity index (χ1n) is 11.1. The zero-order chi connectivity index (χ0) is 24.0. The Hall–Kier alpha value is -2.29. The molecule has 2 N–H and O–H groups in total. The van der Waals surface area contributed by atoms with Gasteiger partial charge >= 0.3 is 6.09 Å². The van der Waals surface area contributed by atoms with Crippen LogP contribution in [0.1, 0.15) is 73.1 Å². The number of unbranched alkanes of at least 4 members (excludes halogenated alkanes) is 2. The molecule has 0 saturated heterocycles. The molecule has 1 aliphatic rings. The number of hydrogen-bond donors (Lipinski definition) is 2. The zero-order valence-corrected chi connectivity index (χ0v) is 20.5. The van der Waals surface area contributed by atoms with E-state index in [2.05, 4.69) is 23.9 Å². The van der Waals surface area contributed by atoms with Crippen molar-refractivity contribution in [1.82, 2.24) is 10.0 Å². The van der Waals surface area contributed by atoms with Crippen LogP contribution in [0.3, 0.4) is 0 Å². The van der Waals surface area contributed by atoms with Gasteiger partial charge in [-0.15, -0.1) is 0 Å². The second kappa shape index (κ2) is 10.6. The molecule has 0 radical (unpaired) electrons. The van der Waals surface area contributed by atoms with E-state index >= 15 is 0 Å². The Morgan fingerprint density at radius 2 is 1.75 bits per heavy atom. The lowest BCUT2D eigenvalue weighted by atomic mass is 10.1. The van der Waals surface area contributed by atoms with Crippen molar-refractivity contribution in [3.63, 3.8) is 0 Å². The highest BCUT2D eigenvalue weighted by Gasteiger charge is 2.53. The van der Waals surface area contributed by atoms with E-state index < -0.39 is 33.2 Å². The molecule has 1 aliphatic carbocycles. The number of benzene rings is 1. The van der Waals surface area contributed by atoms with Gasteiger partial charge in [0.25, 0.3) is 15.9 Å². The highest BCUT2D eigenvalue weighted by Crippen LogP contribution is 2.36. The van der Waals surface area contributed by atoms with Gasteiger partial charge in [-0.1, -0.05) is 45.2 Å². The summed E-state index contributed by atoms with van der Waals surface area (Å²) in [5, 5.41) is 2.51. The van der Waals surface area contributed by atoms with Crippen molar-refractivity contribution in [3.05, 3.63) is 24.3 Å². The van der Waals surface area contributed by atoms with E-state index in [0.29, 0.717) is 25.4 Å². The fraction of sp³-hybridized carbons (Fsp3) is 0.652. The molecule has 0 aromatic heterocycles. The Kier molecular flexibility index (Phi) is 8.56. The molecular formula is C23H36N2O6S. The summed E-state index contributed by atoms with van der Waals surface area (Å²) in [5.41, 5.74) is -2.00. The Balaban J connectivity index is 1.98. The van der Waals surface area contributed by atoms with Crippen LogP contribution in [-0.4, -0.2) is 38.2 Å². The minimum absolute atomic E-state index is 0.108. The summed E-state index contributed by atoms with van der Waals surface area (Å²) in [6, 6.07) is 6.21. The van der Waals surface area contributed by atoms with E-state index in [4.69, 9.17) is 9.47 Å². The van der Waals surface area contributed by atoms with Gasteiger partial charge in [-0.3, -0.25) is 4.79 Å². The minimum atomic E-state index is -4.18. The molecule has 180 valence electrons. The van der Waals surface area contributed by atoms with Crippen LogP contribution in [0.5, 0.6) is 5.75 Å². The monoisotopic (exact) mass is 468 g/mol. The smallest absolute Gasteiger partial charge is 0.408 e. The number of carbonyl (C=O) groups excluding carboxylic acids is 2. The first-order valence-corrected chi connectivity index (χ1v) is 12.6. The Morgan fingerprint density at radius 1 is 1.09 bits per heavy atom. The third kappa shape index (κ3) is 8.00. The maximum atomic E-state index is 12.9. The second-order valence-corrected chi connectivity index (χ2v) is 11.3. The van der Waals surface area contributed by atoms with Crippen molar-refractivity contribution < 1.29 is 27.5 Å². The van der Waals surface area contributed by atoms with Gasteiger partial charge in [-0.2, -0.15) is 0 Å².